The first-order chi connectivity index (χ1) is 11.2. The Kier molecular flexibility index (Phi) is 11.9. The number of nitrogens with one attached hydrogen (secondary N) is 1. The summed E-state index contributed by atoms with van der Waals surface area (Å²) in [6, 6.07) is 0. The van der Waals surface area contributed by atoms with Crippen LogP contribution in [-0.2, 0) is 4.74 Å². The summed E-state index contributed by atoms with van der Waals surface area (Å²) in [4.78, 5) is 0.787. The molecule has 0 bridgehead atoms. The van der Waals surface area contributed by atoms with Gasteiger partial charge in [0.2, 0.25) is 0 Å². The van der Waals surface area contributed by atoms with Gasteiger partial charge in [-0.1, -0.05) is 96.2 Å². The molecule has 1 fully saturated rings. The minimum absolute atomic E-state index is 0.120. The monoisotopic (exact) mass is 343 g/mol. The van der Waals surface area contributed by atoms with Crippen LogP contribution in [0, 0.1) is 0 Å². The molecule has 4 heteroatoms. The van der Waals surface area contributed by atoms with Gasteiger partial charge in [-0.2, -0.15) is 0 Å². The Morgan fingerprint density at radius 2 is 1.43 bits per heavy atom. The Bertz CT molecular complexity index is 306. The molecule has 136 valence electrons. The molecular weight excluding hydrogens is 306 g/mol. The Labute approximate surface area is 148 Å². The number of unbranched alkanes of at least 4 members (excludes halogenated alkanes) is 11. The third kappa shape index (κ3) is 9.63. The summed E-state index contributed by atoms with van der Waals surface area (Å²) in [7, 11) is 0. The first-order valence-electron chi connectivity index (χ1n) is 9.78. The molecule has 0 aromatic heterocycles. The molecule has 0 spiro atoms. The van der Waals surface area contributed by atoms with Gasteiger partial charge in [0.05, 0.1) is 13.2 Å². The van der Waals surface area contributed by atoms with Crippen molar-refractivity contribution < 1.29 is 9.84 Å². The van der Waals surface area contributed by atoms with E-state index < -0.39 is 0 Å². The normalized spacial score (nSPS) is 19.7. The highest BCUT2D eigenvalue weighted by Crippen LogP contribution is 2.34. The van der Waals surface area contributed by atoms with Crippen molar-refractivity contribution in [3.8, 4) is 0 Å². The van der Waals surface area contributed by atoms with E-state index in [2.05, 4.69) is 12.2 Å². The second-order valence-electron chi connectivity index (χ2n) is 6.90. The van der Waals surface area contributed by atoms with E-state index in [0.717, 1.165) is 18.0 Å². The van der Waals surface area contributed by atoms with E-state index in [1.165, 1.54) is 77.0 Å². The standard InChI is InChI=1S/C19H37NO2S/c1-2-3-4-5-6-7-8-9-10-11-12-13-14-19(17-22-19)18(23)20-15-16-21/h21H,2-17H2,1H3,(H,20,23). The summed E-state index contributed by atoms with van der Waals surface area (Å²) in [5.41, 5.74) is -0.191. The molecular formula is C19H37NO2S. The number of hydrogen-bond donors (Lipinski definition) is 2. The van der Waals surface area contributed by atoms with E-state index in [9.17, 15) is 0 Å². The van der Waals surface area contributed by atoms with Crippen LogP contribution in [0.1, 0.15) is 90.4 Å². The quantitative estimate of drug-likeness (QED) is 0.241. The number of aliphatic hydroxyl groups is 1. The molecule has 23 heavy (non-hydrogen) atoms. The van der Waals surface area contributed by atoms with Gasteiger partial charge in [-0.3, -0.25) is 0 Å². The Morgan fingerprint density at radius 3 is 1.87 bits per heavy atom. The van der Waals surface area contributed by atoms with Crippen molar-refractivity contribution in [2.45, 2.75) is 96.0 Å². The molecule has 0 saturated carbocycles. The van der Waals surface area contributed by atoms with Crippen molar-refractivity contribution in [3.63, 3.8) is 0 Å². The Balaban J connectivity index is 1.85. The van der Waals surface area contributed by atoms with E-state index in [4.69, 9.17) is 22.1 Å². The Hall–Kier alpha value is -0.190. The Morgan fingerprint density at radius 1 is 0.957 bits per heavy atom. The van der Waals surface area contributed by atoms with E-state index in [0.29, 0.717) is 6.54 Å². The molecule has 0 aromatic carbocycles. The molecule has 0 aromatic rings. The maximum absolute atomic E-state index is 8.83. The summed E-state index contributed by atoms with van der Waals surface area (Å²) in [5.74, 6) is 0. The summed E-state index contributed by atoms with van der Waals surface area (Å²) in [6.45, 7) is 3.68. The molecule has 3 nitrogen and oxygen atoms in total. The van der Waals surface area contributed by atoms with Gasteiger partial charge in [-0.25, -0.2) is 0 Å². The summed E-state index contributed by atoms with van der Waals surface area (Å²) in [5, 5.41) is 11.9. The first-order valence-corrected chi connectivity index (χ1v) is 10.2. The first kappa shape index (κ1) is 20.9. The van der Waals surface area contributed by atoms with Crippen LogP contribution in [-0.4, -0.2) is 35.5 Å². The molecule has 0 aliphatic carbocycles. The molecule has 1 aliphatic rings. The maximum Gasteiger partial charge on any atom is 0.141 e. The van der Waals surface area contributed by atoms with Crippen LogP contribution >= 0.6 is 12.2 Å². The van der Waals surface area contributed by atoms with Crippen LogP contribution in [0.15, 0.2) is 0 Å². The van der Waals surface area contributed by atoms with Crippen LogP contribution in [0.5, 0.6) is 0 Å². The molecule has 1 unspecified atom stereocenters. The molecule has 0 amide bonds. The lowest BCUT2D eigenvalue weighted by Gasteiger charge is -2.14. The molecule has 1 heterocycles. The molecule has 1 rings (SSSR count). The van der Waals surface area contributed by atoms with Gasteiger partial charge in [-0.05, 0) is 6.42 Å². The third-order valence-electron chi connectivity index (χ3n) is 4.74. The molecule has 1 aliphatic heterocycles. The lowest BCUT2D eigenvalue weighted by molar-refractivity contribution is 0.297. The zero-order valence-electron chi connectivity index (χ0n) is 15.1. The SMILES string of the molecule is CCCCCCCCCCCCCCC1(C(=S)NCCO)CO1. The van der Waals surface area contributed by atoms with Crippen LogP contribution in [0.2, 0.25) is 0 Å². The van der Waals surface area contributed by atoms with Gasteiger partial charge < -0.3 is 15.2 Å². The fraction of sp³-hybridized carbons (Fsp3) is 0.947. The zero-order chi connectivity index (χ0) is 16.8. The van der Waals surface area contributed by atoms with Gasteiger partial charge in [-0.15, -0.1) is 0 Å². The molecule has 2 N–H and O–H groups in total. The van der Waals surface area contributed by atoms with Crippen molar-refractivity contribution in [3.05, 3.63) is 0 Å². The maximum atomic E-state index is 8.83. The van der Waals surface area contributed by atoms with E-state index >= 15 is 0 Å². The van der Waals surface area contributed by atoms with Crippen LogP contribution < -0.4 is 5.32 Å². The van der Waals surface area contributed by atoms with E-state index in [1.54, 1.807) is 0 Å². The van der Waals surface area contributed by atoms with Crippen molar-refractivity contribution in [1.82, 2.24) is 5.32 Å². The fourth-order valence-corrected chi connectivity index (χ4v) is 3.38. The van der Waals surface area contributed by atoms with E-state index in [1.807, 2.05) is 0 Å². The predicted molar refractivity (Wildman–Crippen MR) is 102 cm³/mol. The summed E-state index contributed by atoms with van der Waals surface area (Å²) in [6.07, 6.45) is 17.5. The summed E-state index contributed by atoms with van der Waals surface area (Å²) >= 11 is 5.36. The number of aliphatic hydroxyl groups excluding tert-OH is 1. The minimum atomic E-state index is -0.191. The second-order valence-corrected chi connectivity index (χ2v) is 7.31. The van der Waals surface area contributed by atoms with Gasteiger partial charge >= 0.3 is 0 Å². The summed E-state index contributed by atoms with van der Waals surface area (Å²) < 4.78 is 5.57. The van der Waals surface area contributed by atoms with Crippen LogP contribution in [0.3, 0.4) is 0 Å². The number of rotatable bonds is 16. The van der Waals surface area contributed by atoms with E-state index in [-0.39, 0.29) is 12.2 Å². The lowest BCUT2D eigenvalue weighted by Crippen LogP contribution is -2.37. The topological polar surface area (TPSA) is 44.8 Å². The van der Waals surface area contributed by atoms with Crippen LogP contribution in [0.25, 0.3) is 0 Å². The largest absolute Gasteiger partial charge is 0.395 e. The number of hydrogen-bond acceptors (Lipinski definition) is 3. The second kappa shape index (κ2) is 13.1. The lowest BCUT2D eigenvalue weighted by atomic mass is 10.00. The fourth-order valence-electron chi connectivity index (χ4n) is 3.06. The van der Waals surface area contributed by atoms with Crippen LogP contribution in [0.4, 0.5) is 0 Å². The van der Waals surface area contributed by atoms with Gasteiger partial charge in [0.25, 0.3) is 0 Å². The van der Waals surface area contributed by atoms with Crippen molar-refractivity contribution >= 4 is 17.2 Å². The highest BCUT2D eigenvalue weighted by molar-refractivity contribution is 7.80. The van der Waals surface area contributed by atoms with Gasteiger partial charge in [0.1, 0.15) is 10.6 Å². The highest BCUT2D eigenvalue weighted by Gasteiger charge is 2.48. The average Bonchev–Trinajstić information content (AvgIpc) is 3.35. The average molecular weight is 344 g/mol. The number of thiocarbonyl (C=S) groups is 1. The molecule has 0 radical (unpaired) electrons. The zero-order valence-corrected chi connectivity index (χ0v) is 15.9. The minimum Gasteiger partial charge on any atom is -0.395 e. The number of ether oxygens (including phenoxy) is 1. The van der Waals surface area contributed by atoms with Gasteiger partial charge in [0.15, 0.2) is 0 Å². The highest BCUT2D eigenvalue weighted by atomic mass is 32.1. The predicted octanol–water partition coefficient (Wildman–Crippen LogP) is 4.76. The molecule has 1 atom stereocenters. The smallest absolute Gasteiger partial charge is 0.141 e. The van der Waals surface area contributed by atoms with Gasteiger partial charge in [0, 0.05) is 6.54 Å². The number of epoxide rings is 1. The third-order valence-corrected chi connectivity index (χ3v) is 5.25. The van der Waals surface area contributed by atoms with Crippen molar-refractivity contribution in [1.29, 1.82) is 0 Å². The molecule has 1 saturated heterocycles. The van der Waals surface area contributed by atoms with Crippen molar-refractivity contribution in [2.75, 3.05) is 19.8 Å². The van der Waals surface area contributed by atoms with Crippen molar-refractivity contribution in [2.24, 2.45) is 0 Å².